The Balaban J connectivity index is 2.17. The van der Waals surface area contributed by atoms with Crippen LogP contribution in [0.5, 0.6) is 0 Å². The molecule has 0 aliphatic carbocycles. The first-order valence-corrected chi connectivity index (χ1v) is 8.11. The van der Waals surface area contributed by atoms with Crippen LogP contribution in [-0.4, -0.2) is 13.1 Å². The lowest BCUT2D eigenvalue weighted by Gasteiger charge is -2.30. The Labute approximate surface area is 126 Å². The van der Waals surface area contributed by atoms with Crippen LogP contribution in [0.1, 0.15) is 36.8 Å². The molecule has 0 saturated carbocycles. The van der Waals surface area contributed by atoms with E-state index >= 15 is 0 Å². The van der Waals surface area contributed by atoms with Gasteiger partial charge in [-0.1, -0.05) is 31.2 Å². The van der Waals surface area contributed by atoms with Crippen molar-refractivity contribution in [3.63, 3.8) is 0 Å². The number of benzene rings is 1. The van der Waals surface area contributed by atoms with Crippen LogP contribution in [0.4, 0.5) is 5.69 Å². The van der Waals surface area contributed by atoms with Crippen molar-refractivity contribution in [1.29, 1.82) is 0 Å². The molecule has 1 heterocycles. The van der Waals surface area contributed by atoms with E-state index in [1.165, 1.54) is 16.1 Å². The van der Waals surface area contributed by atoms with Crippen LogP contribution in [0.2, 0.25) is 0 Å². The van der Waals surface area contributed by atoms with E-state index in [1.807, 2.05) is 11.3 Å². The lowest BCUT2D eigenvalue weighted by Crippen LogP contribution is -2.32. The van der Waals surface area contributed by atoms with E-state index in [1.54, 1.807) is 0 Å². The molecule has 20 heavy (non-hydrogen) atoms. The maximum atomic E-state index is 6.24. The molecule has 2 nitrogen and oxygen atoms in total. The van der Waals surface area contributed by atoms with Crippen molar-refractivity contribution in [2.45, 2.75) is 38.8 Å². The summed E-state index contributed by atoms with van der Waals surface area (Å²) in [5.74, 6) is 0. The molecule has 0 bridgehead atoms. The van der Waals surface area contributed by atoms with E-state index in [2.05, 4.69) is 67.6 Å². The zero-order valence-corrected chi connectivity index (χ0v) is 13.4. The van der Waals surface area contributed by atoms with Crippen molar-refractivity contribution in [2.75, 3.05) is 11.9 Å². The average Bonchev–Trinajstić information content (AvgIpc) is 2.98. The fourth-order valence-corrected chi connectivity index (χ4v) is 3.26. The quantitative estimate of drug-likeness (QED) is 0.862. The van der Waals surface area contributed by atoms with Gasteiger partial charge in [-0.15, -0.1) is 11.3 Å². The molecule has 2 aromatic rings. The van der Waals surface area contributed by atoms with Gasteiger partial charge in [0.1, 0.15) is 0 Å². The van der Waals surface area contributed by atoms with Crippen LogP contribution < -0.4 is 10.6 Å². The van der Waals surface area contributed by atoms with Gasteiger partial charge in [0.15, 0.2) is 0 Å². The normalized spacial score (nSPS) is 14.0. The molecule has 0 aliphatic rings. The van der Waals surface area contributed by atoms with Crippen molar-refractivity contribution < 1.29 is 0 Å². The number of para-hydroxylation sites is 1. The number of hydrogen-bond donors (Lipinski definition) is 1. The summed E-state index contributed by atoms with van der Waals surface area (Å²) >= 11 is 1.83. The van der Waals surface area contributed by atoms with Gasteiger partial charge in [-0.25, -0.2) is 0 Å². The Morgan fingerprint density at radius 3 is 2.60 bits per heavy atom. The minimum absolute atomic E-state index is 0.114. The Kier molecular flexibility index (Phi) is 5.21. The Hall–Kier alpha value is -1.32. The topological polar surface area (TPSA) is 29.3 Å². The van der Waals surface area contributed by atoms with Gasteiger partial charge >= 0.3 is 0 Å². The van der Waals surface area contributed by atoms with Crippen LogP contribution >= 0.6 is 11.3 Å². The second kappa shape index (κ2) is 6.91. The fraction of sp³-hybridized carbons (Fsp3) is 0.412. The van der Waals surface area contributed by atoms with Gasteiger partial charge in [0.25, 0.3) is 0 Å². The third kappa shape index (κ3) is 3.41. The van der Waals surface area contributed by atoms with E-state index in [0.29, 0.717) is 6.04 Å². The van der Waals surface area contributed by atoms with Crippen molar-refractivity contribution in [1.82, 2.24) is 0 Å². The summed E-state index contributed by atoms with van der Waals surface area (Å²) in [5.41, 5.74) is 8.75. The van der Waals surface area contributed by atoms with Crippen LogP contribution in [0.15, 0.2) is 41.8 Å². The van der Waals surface area contributed by atoms with E-state index in [-0.39, 0.29) is 6.04 Å². The smallest absolute Gasteiger partial charge is 0.0414 e. The molecular formula is C17H24N2S. The first kappa shape index (κ1) is 15.1. The molecule has 2 rings (SSSR count). The van der Waals surface area contributed by atoms with E-state index in [0.717, 1.165) is 12.8 Å². The minimum Gasteiger partial charge on any atom is -0.371 e. The number of anilines is 1. The molecule has 0 spiro atoms. The summed E-state index contributed by atoms with van der Waals surface area (Å²) in [6.45, 7) is 4.41. The van der Waals surface area contributed by atoms with E-state index < -0.39 is 0 Å². The van der Waals surface area contributed by atoms with Crippen LogP contribution in [0, 0.1) is 0 Å². The number of nitrogens with two attached hydrogens (primary N) is 1. The van der Waals surface area contributed by atoms with Crippen LogP contribution in [0.25, 0.3) is 0 Å². The summed E-state index contributed by atoms with van der Waals surface area (Å²) in [5, 5.41) is 2.14. The standard InChI is InChI=1S/C17H24N2S/c1-4-16(18)15-9-5-6-10-17(15)19(3)13(2)12-14-8-7-11-20-14/h5-11,13,16H,4,12,18H2,1-3H3/t13?,16-/m1/s1. The van der Waals surface area contributed by atoms with Gasteiger partial charge < -0.3 is 10.6 Å². The molecule has 1 aromatic carbocycles. The molecule has 108 valence electrons. The molecule has 0 radical (unpaired) electrons. The summed E-state index contributed by atoms with van der Waals surface area (Å²) in [6.07, 6.45) is 2.04. The highest BCUT2D eigenvalue weighted by atomic mass is 32.1. The van der Waals surface area contributed by atoms with Crippen LogP contribution in [0.3, 0.4) is 0 Å². The third-order valence-electron chi connectivity index (χ3n) is 3.89. The monoisotopic (exact) mass is 288 g/mol. The zero-order valence-electron chi connectivity index (χ0n) is 12.5. The molecule has 0 fully saturated rings. The first-order chi connectivity index (χ1) is 9.63. The highest BCUT2D eigenvalue weighted by molar-refractivity contribution is 7.09. The molecular weight excluding hydrogens is 264 g/mol. The van der Waals surface area contributed by atoms with Crippen molar-refractivity contribution in [3.8, 4) is 0 Å². The number of nitrogens with zero attached hydrogens (tertiary/aromatic N) is 1. The largest absolute Gasteiger partial charge is 0.371 e. The van der Waals surface area contributed by atoms with Gasteiger partial charge in [-0.2, -0.15) is 0 Å². The van der Waals surface area contributed by atoms with Gasteiger partial charge in [0.05, 0.1) is 0 Å². The average molecular weight is 288 g/mol. The number of likely N-dealkylation sites (N-methyl/N-ethyl adjacent to an activating group) is 1. The number of hydrogen-bond acceptors (Lipinski definition) is 3. The molecule has 2 atom stereocenters. The highest BCUT2D eigenvalue weighted by Gasteiger charge is 2.16. The number of rotatable bonds is 6. The predicted molar refractivity (Wildman–Crippen MR) is 89.5 cm³/mol. The zero-order chi connectivity index (χ0) is 14.5. The summed E-state index contributed by atoms with van der Waals surface area (Å²) in [4.78, 5) is 3.78. The Bertz CT molecular complexity index is 522. The number of thiophene rings is 1. The molecule has 3 heteroatoms. The Morgan fingerprint density at radius 1 is 1.20 bits per heavy atom. The van der Waals surface area contributed by atoms with Gasteiger partial charge in [-0.3, -0.25) is 0 Å². The third-order valence-corrected chi connectivity index (χ3v) is 4.79. The van der Waals surface area contributed by atoms with Crippen molar-refractivity contribution in [2.24, 2.45) is 5.73 Å². The van der Waals surface area contributed by atoms with Crippen molar-refractivity contribution in [3.05, 3.63) is 52.2 Å². The second-order valence-electron chi connectivity index (χ2n) is 5.32. The van der Waals surface area contributed by atoms with Crippen molar-refractivity contribution >= 4 is 17.0 Å². The molecule has 0 saturated heterocycles. The minimum atomic E-state index is 0.114. The Morgan fingerprint density at radius 2 is 1.95 bits per heavy atom. The van der Waals surface area contributed by atoms with E-state index in [9.17, 15) is 0 Å². The first-order valence-electron chi connectivity index (χ1n) is 7.23. The summed E-state index contributed by atoms with van der Waals surface area (Å²) in [6, 6.07) is 13.4. The summed E-state index contributed by atoms with van der Waals surface area (Å²) < 4.78 is 0. The highest BCUT2D eigenvalue weighted by Crippen LogP contribution is 2.28. The lowest BCUT2D eigenvalue weighted by atomic mass is 10.0. The van der Waals surface area contributed by atoms with Gasteiger partial charge in [0, 0.05) is 36.1 Å². The second-order valence-corrected chi connectivity index (χ2v) is 6.35. The molecule has 1 unspecified atom stereocenters. The SMILES string of the molecule is CC[C@@H](N)c1ccccc1N(C)C(C)Cc1cccs1. The molecule has 0 amide bonds. The maximum absolute atomic E-state index is 6.24. The predicted octanol–water partition coefficient (Wildman–Crippen LogP) is 4.23. The van der Waals surface area contributed by atoms with Crippen LogP contribution in [-0.2, 0) is 6.42 Å². The molecule has 0 aliphatic heterocycles. The lowest BCUT2D eigenvalue weighted by molar-refractivity contribution is 0.661. The van der Waals surface area contributed by atoms with Gasteiger partial charge in [0.2, 0.25) is 0 Å². The molecule has 2 N–H and O–H groups in total. The molecule has 1 aromatic heterocycles. The fourth-order valence-electron chi connectivity index (χ4n) is 2.44. The summed E-state index contributed by atoms with van der Waals surface area (Å²) in [7, 11) is 2.17. The van der Waals surface area contributed by atoms with E-state index in [4.69, 9.17) is 5.73 Å². The van der Waals surface area contributed by atoms with Gasteiger partial charge in [-0.05, 0) is 36.4 Å². The maximum Gasteiger partial charge on any atom is 0.0414 e.